The summed E-state index contributed by atoms with van der Waals surface area (Å²) >= 11 is 0. The molecule has 0 spiro atoms. The summed E-state index contributed by atoms with van der Waals surface area (Å²) in [5.41, 5.74) is 0.965. The van der Waals surface area contributed by atoms with Crippen molar-refractivity contribution in [1.82, 2.24) is 24.7 Å². The topological polar surface area (TPSA) is 127 Å². The van der Waals surface area contributed by atoms with Crippen molar-refractivity contribution in [2.75, 3.05) is 17.7 Å². The van der Waals surface area contributed by atoms with Gasteiger partial charge in [-0.25, -0.2) is 15.0 Å². The van der Waals surface area contributed by atoms with Gasteiger partial charge in [0.1, 0.15) is 18.0 Å². The first-order chi connectivity index (χ1) is 18.1. The second-order valence-corrected chi connectivity index (χ2v) is 9.73. The lowest BCUT2D eigenvalue weighted by molar-refractivity contribution is 0.0737. The Kier molecular flexibility index (Phi) is 6.53. The van der Waals surface area contributed by atoms with Gasteiger partial charge in [0.25, 0.3) is 0 Å². The Hall–Kier alpha value is -4.38. The van der Waals surface area contributed by atoms with Crippen LogP contribution >= 0.6 is 0 Å². The summed E-state index contributed by atoms with van der Waals surface area (Å²) in [5, 5.41) is 20.8. The number of ketones is 1. The molecule has 1 aliphatic carbocycles. The number of aromatic nitrogens is 5. The summed E-state index contributed by atoms with van der Waals surface area (Å²) in [6.07, 6.45) is 4.80. The molecule has 3 heterocycles. The number of Topliss-reactive ketones (excluding diaryl/α,β-unsaturated/α-hetero) is 1. The van der Waals surface area contributed by atoms with Gasteiger partial charge in [0.05, 0.1) is 35.2 Å². The molecule has 0 bridgehead atoms. The Morgan fingerprint density at radius 1 is 1.13 bits per heavy atom. The van der Waals surface area contributed by atoms with Gasteiger partial charge in [-0.15, -0.1) is 0 Å². The minimum absolute atomic E-state index is 0.00626. The summed E-state index contributed by atoms with van der Waals surface area (Å²) in [6, 6.07) is 10.2. The number of rotatable bonds is 9. The highest BCUT2D eigenvalue weighted by Gasteiger charge is 2.32. The number of para-hydroxylation sites is 1. The standard InChI is InChI=1S/C27H28FN7O3/c1-27(2,37)18-10-11-21(33-25(18)28)32-22-12-20(17(13-29-22)23(36)15-8-9-15)31-19-7-5-6-16(24(19)38-4)26-30-14-35(3)34-26/h5-7,10-15,37H,8-9H2,1-4H3,(H2,29,31,32,33). The molecule has 0 radical (unpaired) electrons. The van der Waals surface area contributed by atoms with Crippen molar-refractivity contribution in [3.8, 4) is 17.1 Å². The average Bonchev–Trinajstić information content (AvgIpc) is 3.63. The summed E-state index contributed by atoms with van der Waals surface area (Å²) in [6.45, 7) is 2.98. The van der Waals surface area contributed by atoms with E-state index >= 15 is 0 Å². The molecule has 1 saturated carbocycles. The van der Waals surface area contributed by atoms with Gasteiger partial charge in [0, 0.05) is 30.8 Å². The molecule has 10 nitrogen and oxygen atoms in total. The van der Waals surface area contributed by atoms with Crippen molar-refractivity contribution in [3.05, 3.63) is 66.0 Å². The normalized spacial score (nSPS) is 13.3. The maximum absolute atomic E-state index is 14.5. The summed E-state index contributed by atoms with van der Waals surface area (Å²) in [7, 11) is 3.34. The van der Waals surface area contributed by atoms with E-state index in [-0.39, 0.29) is 23.1 Å². The van der Waals surface area contributed by atoms with Crippen LogP contribution in [0.3, 0.4) is 0 Å². The van der Waals surface area contributed by atoms with E-state index < -0.39 is 11.5 Å². The van der Waals surface area contributed by atoms with Gasteiger partial charge in [-0.2, -0.15) is 9.49 Å². The second kappa shape index (κ2) is 9.82. The molecule has 0 unspecified atom stereocenters. The molecular formula is C27H28FN7O3. The lowest BCUT2D eigenvalue weighted by Crippen LogP contribution is -2.18. The van der Waals surface area contributed by atoms with Crippen LogP contribution in [0.1, 0.15) is 42.6 Å². The van der Waals surface area contributed by atoms with Crippen molar-refractivity contribution in [1.29, 1.82) is 0 Å². The molecule has 1 fully saturated rings. The number of hydrogen-bond donors (Lipinski definition) is 3. The van der Waals surface area contributed by atoms with Crippen LogP contribution in [0.2, 0.25) is 0 Å². The third-order valence-electron chi connectivity index (χ3n) is 6.21. The summed E-state index contributed by atoms with van der Waals surface area (Å²) in [4.78, 5) is 25.7. The van der Waals surface area contributed by atoms with Gasteiger partial charge in [0.15, 0.2) is 17.4 Å². The zero-order valence-corrected chi connectivity index (χ0v) is 21.5. The van der Waals surface area contributed by atoms with E-state index in [1.807, 2.05) is 18.2 Å². The van der Waals surface area contributed by atoms with Crippen molar-refractivity contribution >= 4 is 28.8 Å². The van der Waals surface area contributed by atoms with E-state index in [9.17, 15) is 14.3 Å². The SMILES string of the molecule is COc1c(Nc2cc(Nc3ccc(C(C)(C)O)c(F)n3)ncc2C(=O)C2CC2)cccc1-c1ncn(C)n1. The summed E-state index contributed by atoms with van der Waals surface area (Å²) in [5.74, 6) is 0.771. The minimum Gasteiger partial charge on any atom is -0.494 e. The lowest BCUT2D eigenvalue weighted by Gasteiger charge is -2.19. The maximum Gasteiger partial charge on any atom is 0.220 e. The molecule has 0 aliphatic heterocycles. The first-order valence-corrected chi connectivity index (χ1v) is 12.1. The Balaban J connectivity index is 1.50. The quantitative estimate of drug-likeness (QED) is 0.213. The number of halogens is 1. The van der Waals surface area contributed by atoms with Crippen LogP contribution in [0.25, 0.3) is 11.4 Å². The molecule has 0 amide bonds. The first kappa shape index (κ1) is 25.3. The molecule has 3 N–H and O–H groups in total. The Bertz CT molecular complexity index is 1510. The van der Waals surface area contributed by atoms with Crippen LogP contribution < -0.4 is 15.4 Å². The molecule has 4 aromatic rings. The highest BCUT2D eigenvalue weighted by atomic mass is 19.1. The second-order valence-electron chi connectivity index (χ2n) is 9.73. The van der Waals surface area contributed by atoms with Crippen LogP contribution in [-0.2, 0) is 12.6 Å². The number of anilines is 4. The predicted molar refractivity (Wildman–Crippen MR) is 140 cm³/mol. The van der Waals surface area contributed by atoms with Crippen LogP contribution in [0.5, 0.6) is 5.75 Å². The molecule has 5 rings (SSSR count). The number of hydrogen-bond acceptors (Lipinski definition) is 9. The van der Waals surface area contributed by atoms with Crippen LogP contribution in [-0.4, -0.2) is 42.7 Å². The fourth-order valence-electron chi connectivity index (χ4n) is 4.12. The molecule has 11 heteroatoms. The van der Waals surface area contributed by atoms with Crippen molar-refractivity contribution in [2.45, 2.75) is 32.3 Å². The van der Waals surface area contributed by atoms with Gasteiger partial charge >= 0.3 is 0 Å². The van der Waals surface area contributed by atoms with Crippen molar-refractivity contribution < 1.29 is 19.0 Å². The molecule has 0 saturated heterocycles. The number of aliphatic hydroxyl groups is 1. The van der Waals surface area contributed by atoms with E-state index in [0.29, 0.717) is 39.9 Å². The van der Waals surface area contributed by atoms with E-state index in [1.165, 1.54) is 26.1 Å². The maximum atomic E-state index is 14.5. The fraction of sp³-hybridized carbons (Fsp3) is 0.296. The first-order valence-electron chi connectivity index (χ1n) is 12.1. The van der Waals surface area contributed by atoms with E-state index in [4.69, 9.17) is 4.74 Å². The highest BCUT2D eigenvalue weighted by Crippen LogP contribution is 2.39. The number of carbonyl (C=O) groups is 1. The molecule has 38 heavy (non-hydrogen) atoms. The number of aryl methyl sites for hydroxylation is 1. The number of carbonyl (C=O) groups excluding carboxylic acids is 1. The Morgan fingerprint density at radius 2 is 1.92 bits per heavy atom. The highest BCUT2D eigenvalue weighted by molar-refractivity contribution is 6.04. The predicted octanol–water partition coefficient (Wildman–Crippen LogP) is 4.73. The van der Waals surface area contributed by atoms with Gasteiger partial charge < -0.3 is 20.5 Å². The number of benzene rings is 1. The monoisotopic (exact) mass is 517 g/mol. The third kappa shape index (κ3) is 5.18. The molecular weight excluding hydrogens is 489 g/mol. The van der Waals surface area contributed by atoms with Crippen LogP contribution in [0.4, 0.5) is 27.4 Å². The fourth-order valence-corrected chi connectivity index (χ4v) is 4.12. The summed E-state index contributed by atoms with van der Waals surface area (Å²) < 4.78 is 21.8. The van der Waals surface area contributed by atoms with Gasteiger partial charge in [-0.1, -0.05) is 6.07 Å². The Morgan fingerprint density at radius 3 is 2.55 bits per heavy atom. The van der Waals surface area contributed by atoms with Crippen LogP contribution in [0.15, 0.2) is 48.9 Å². The lowest BCUT2D eigenvalue weighted by atomic mass is 10.0. The number of nitrogens with zero attached hydrogens (tertiary/aromatic N) is 5. The minimum atomic E-state index is -1.37. The van der Waals surface area contributed by atoms with Crippen LogP contribution in [0, 0.1) is 11.9 Å². The number of nitrogens with one attached hydrogen (secondary N) is 2. The number of pyridine rings is 2. The zero-order chi connectivity index (χ0) is 27.0. The largest absolute Gasteiger partial charge is 0.494 e. The van der Waals surface area contributed by atoms with Gasteiger partial charge in [0.2, 0.25) is 5.95 Å². The smallest absolute Gasteiger partial charge is 0.220 e. The van der Waals surface area contributed by atoms with E-state index in [1.54, 1.807) is 37.3 Å². The van der Waals surface area contributed by atoms with E-state index in [2.05, 4.69) is 30.7 Å². The van der Waals surface area contributed by atoms with Gasteiger partial charge in [-0.05, 0) is 51.0 Å². The third-order valence-corrected chi connectivity index (χ3v) is 6.21. The molecule has 3 aromatic heterocycles. The van der Waals surface area contributed by atoms with E-state index in [0.717, 1.165) is 12.8 Å². The van der Waals surface area contributed by atoms with Crippen molar-refractivity contribution in [3.63, 3.8) is 0 Å². The Labute approximate surface area is 218 Å². The molecule has 196 valence electrons. The molecule has 1 aliphatic rings. The average molecular weight is 518 g/mol. The number of methoxy groups -OCH3 is 1. The number of ether oxygens (including phenoxy) is 1. The van der Waals surface area contributed by atoms with Gasteiger partial charge in [-0.3, -0.25) is 9.48 Å². The van der Waals surface area contributed by atoms with Crippen molar-refractivity contribution in [2.24, 2.45) is 13.0 Å². The zero-order valence-electron chi connectivity index (χ0n) is 21.5. The molecule has 0 atom stereocenters. The molecule has 1 aromatic carbocycles.